The summed E-state index contributed by atoms with van der Waals surface area (Å²) in [6.07, 6.45) is 0. The first-order valence-electron chi connectivity index (χ1n) is 8.40. The highest BCUT2D eigenvalue weighted by Gasteiger charge is 2.20. The molecule has 0 bridgehead atoms. The lowest BCUT2D eigenvalue weighted by Gasteiger charge is -2.13. The molecule has 0 aliphatic heterocycles. The van der Waals surface area contributed by atoms with Crippen LogP contribution in [0.25, 0.3) is 0 Å². The Bertz CT molecular complexity index is 1130. The highest BCUT2D eigenvalue weighted by molar-refractivity contribution is 9.10. The molecule has 1 heterocycles. The second kappa shape index (κ2) is 8.89. The normalized spacial score (nSPS) is 11.1. The van der Waals surface area contributed by atoms with Crippen molar-refractivity contribution >= 4 is 54.8 Å². The highest BCUT2D eigenvalue weighted by atomic mass is 79.9. The number of furan rings is 1. The molecule has 0 unspecified atom stereocenters. The van der Waals surface area contributed by atoms with Crippen molar-refractivity contribution in [2.75, 3.05) is 16.6 Å². The number of sulfonamides is 1. The molecule has 152 valence electrons. The number of carbonyl (C=O) groups excluding carboxylic acids is 1. The first-order chi connectivity index (χ1) is 13.8. The average Bonchev–Trinajstić information content (AvgIpc) is 3.11. The Balaban J connectivity index is 1.75. The van der Waals surface area contributed by atoms with E-state index in [0.29, 0.717) is 22.5 Å². The third kappa shape index (κ3) is 5.31. The van der Waals surface area contributed by atoms with E-state index in [1.54, 1.807) is 31.2 Å². The Morgan fingerprint density at radius 3 is 2.41 bits per heavy atom. The van der Waals surface area contributed by atoms with Gasteiger partial charge < -0.3 is 14.5 Å². The molecule has 0 radical (unpaired) electrons. The van der Waals surface area contributed by atoms with E-state index in [0.717, 1.165) is 0 Å². The van der Waals surface area contributed by atoms with Crippen molar-refractivity contribution in [3.8, 4) is 5.75 Å². The van der Waals surface area contributed by atoms with E-state index >= 15 is 0 Å². The van der Waals surface area contributed by atoms with E-state index in [1.807, 2.05) is 0 Å². The minimum absolute atomic E-state index is 0.0146. The number of carbonyl (C=O) groups is 1. The summed E-state index contributed by atoms with van der Waals surface area (Å²) in [6, 6.07) is 13.9. The van der Waals surface area contributed by atoms with Crippen LogP contribution in [0, 0.1) is 0 Å². The minimum atomic E-state index is -3.89. The second-order valence-electron chi connectivity index (χ2n) is 5.76. The van der Waals surface area contributed by atoms with Crippen molar-refractivity contribution in [3.05, 3.63) is 70.0 Å². The molecule has 0 aliphatic rings. The Morgan fingerprint density at radius 2 is 1.79 bits per heavy atom. The van der Waals surface area contributed by atoms with Crippen LogP contribution in [-0.2, 0) is 10.0 Å². The molecular weight excluding hydrogens is 484 g/mol. The van der Waals surface area contributed by atoms with Crippen molar-refractivity contribution in [1.29, 1.82) is 0 Å². The number of ether oxygens (including phenoxy) is 1. The van der Waals surface area contributed by atoms with E-state index in [4.69, 9.17) is 20.8 Å². The van der Waals surface area contributed by atoms with Gasteiger partial charge in [0.05, 0.1) is 6.61 Å². The monoisotopic (exact) mass is 498 g/mol. The topological polar surface area (TPSA) is 97.6 Å². The number of hydrogen-bond donors (Lipinski definition) is 2. The maximum absolute atomic E-state index is 12.8. The molecule has 0 saturated carbocycles. The first-order valence-corrected chi connectivity index (χ1v) is 11.1. The summed E-state index contributed by atoms with van der Waals surface area (Å²) in [6.45, 7) is 2.11. The molecule has 0 saturated heterocycles. The summed E-state index contributed by atoms with van der Waals surface area (Å²) in [4.78, 5) is 12.1. The number of halogens is 2. The number of nitrogens with one attached hydrogen (secondary N) is 2. The number of amides is 1. The van der Waals surface area contributed by atoms with Crippen LogP contribution in [0.4, 0.5) is 11.4 Å². The third-order valence-corrected chi connectivity index (χ3v) is 5.79. The van der Waals surface area contributed by atoms with Gasteiger partial charge in [-0.15, -0.1) is 0 Å². The Morgan fingerprint density at radius 1 is 1.10 bits per heavy atom. The molecule has 10 heteroatoms. The van der Waals surface area contributed by atoms with Gasteiger partial charge in [-0.05, 0) is 73.1 Å². The molecule has 0 spiro atoms. The first kappa shape index (κ1) is 21.2. The highest BCUT2D eigenvalue weighted by Crippen LogP contribution is 2.29. The van der Waals surface area contributed by atoms with E-state index < -0.39 is 15.9 Å². The van der Waals surface area contributed by atoms with Crippen molar-refractivity contribution in [3.63, 3.8) is 0 Å². The van der Waals surface area contributed by atoms with Gasteiger partial charge in [-0.2, -0.15) is 0 Å². The zero-order valence-corrected chi connectivity index (χ0v) is 18.3. The van der Waals surface area contributed by atoms with E-state index in [2.05, 4.69) is 26.0 Å². The van der Waals surface area contributed by atoms with Crippen molar-refractivity contribution < 1.29 is 22.4 Å². The van der Waals surface area contributed by atoms with Gasteiger partial charge in [0.1, 0.15) is 10.6 Å². The number of anilines is 2. The van der Waals surface area contributed by atoms with Crippen LogP contribution >= 0.6 is 27.5 Å². The van der Waals surface area contributed by atoms with E-state index in [9.17, 15) is 13.2 Å². The molecule has 0 atom stereocenters. The Kier molecular flexibility index (Phi) is 6.51. The van der Waals surface area contributed by atoms with Gasteiger partial charge in [0.15, 0.2) is 11.0 Å². The number of hydrogen-bond acceptors (Lipinski definition) is 5. The maximum Gasteiger partial charge on any atom is 0.291 e. The molecule has 2 aromatic carbocycles. The Labute approximate surface area is 181 Å². The van der Waals surface area contributed by atoms with Gasteiger partial charge in [0, 0.05) is 15.8 Å². The number of rotatable bonds is 7. The summed E-state index contributed by atoms with van der Waals surface area (Å²) < 4.78 is 39.2. The molecule has 3 rings (SSSR count). The fourth-order valence-electron chi connectivity index (χ4n) is 2.43. The molecule has 29 heavy (non-hydrogen) atoms. The maximum atomic E-state index is 12.8. The second-order valence-corrected chi connectivity index (χ2v) is 8.70. The molecule has 0 fully saturated rings. The molecule has 1 aromatic heterocycles. The number of benzene rings is 2. The summed E-state index contributed by atoms with van der Waals surface area (Å²) >= 11 is 8.93. The minimum Gasteiger partial charge on any atom is -0.492 e. The van der Waals surface area contributed by atoms with Gasteiger partial charge in [0.25, 0.3) is 15.9 Å². The lowest BCUT2D eigenvalue weighted by atomic mass is 10.3. The quantitative estimate of drug-likeness (QED) is 0.469. The largest absolute Gasteiger partial charge is 0.492 e. The van der Waals surface area contributed by atoms with Crippen molar-refractivity contribution in [2.45, 2.75) is 11.8 Å². The van der Waals surface area contributed by atoms with Crippen LogP contribution in [0.15, 0.2) is 68.4 Å². The van der Waals surface area contributed by atoms with Crippen molar-refractivity contribution in [2.24, 2.45) is 0 Å². The van der Waals surface area contributed by atoms with Crippen LogP contribution in [0.5, 0.6) is 5.75 Å². The molecule has 2 N–H and O–H groups in total. The molecule has 0 aliphatic carbocycles. The zero-order valence-electron chi connectivity index (χ0n) is 15.1. The molecule has 1 amide bonds. The Hall–Kier alpha value is -2.49. The van der Waals surface area contributed by atoms with Gasteiger partial charge >= 0.3 is 0 Å². The summed E-state index contributed by atoms with van der Waals surface area (Å²) in [5, 5.41) is 2.74. The summed E-state index contributed by atoms with van der Waals surface area (Å²) in [5.74, 6) is -0.150. The average molecular weight is 500 g/mol. The standard InChI is InChI=1S/C19H16BrClN2O5S/c1-2-27-15-8-3-12(20)11-17(15)29(25,26)23-14-6-4-13(5-7-14)22-19(24)16-9-10-18(21)28-16/h3-11,23H,2H2,1H3,(H,22,24). The molecule has 3 aromatic rings. The zero-order chi connectivity index (χ0) is 21.0. The van der Waals surface area contributed by atoms with Crippen LogP contribution in [0.3, 0.4) is 0 Å². The lowest BCUT2D eigenvalue weighted by molar-refractivity contribution is 0.0996. The lowest BCUT2D eigenvalue weighted by Crippen LogP contribution is -2.15. The molecule has 7 nitrogen and oxygen atoms in total. The van der Waals surface area contributed by atoms with Gasteiger partial charge in [-0.3, -0.25) is 9.52 Å². The summed E-state index contributed by atoms with van der Waals surface area (Å²) in [5.41, 5.74) is 0.786. The van der Waals surface area contributed by atoms with Crippen LogP contribution < -0.4 is 14.8 Å². The fraction of sp³-hybridized carbons (Fsp3) is 0.105. The SMILES string of the molecule is CCOc1ccc(Br)cc1S(=O)(=O)Nc1ccc(NC(=O)c2ccc(Cl)o2)cc1. The third-order valence-electron chi connectivity index (χ3n) is 3.69. The fourth-order valence-corrected chi connectivity index (χ4v) is 4.32. The van der Waals surface area contributed by atoms with Gasteiger partial charge in [-0.1, -0.05) is 15.9 Å². The van der Waals surface area contributed by atoms with Gasteiger partial charge in [-0.25, -0.2) is 8.42 Å². The van der Waals surface area contributed by atoms with Crippen LogP contribution in [0.1, 0.15) is 17.5 Å². The smallest absolute Gasteiger partial charge is 0.291 e. The van der Waals surface area contributed by atoms with Crippen molar-refractivity contribution in [1.82, 2.24) is 0 Å². The van der Waals surface area contributed by atoms with Gasteiger partial charge in [0.2, 0.25) is 0 Å². The van der Waals surface area contributed by atoms with E-state index in [-0.39, 0.29) is 21.6 Å². The molecular formula is C19H16BrClN2O5S. The van der Waals surface area contributed by atoms with Crippen LogP contribution in [0.2, 0.25) is 5.22 Å². The summed E-state index contributed by atoms with van der Waals surface area (Å²) in [7, 11) is -3.89. The predicted octanol–water partition coefficient (Wildman–Crippen LogP) is 5.15. The predicted molar refractivity (Wildman–Crippen MR) is 114 cm³/mol. The van der Waals surface area contributed by atoms with Crippen LogP contribution in [-0.4, -0.2) is 20.9 Å². The van der Waals surface area contributed by atoms with E-state index in [1.165, 1.54) is 30.3 Å².